The van der Waals surface area contributed by atoms with Gasteiger partial charge in [-0.1, -0.05) is 36.4 Å². The van der Waals surface area contributed by atoms with Crippen LogP contribution in [0, 0.1) is 0 Å². The fourth-order valence-electron chi connectivity index (χ4n) is 3.49. The van der Waals surface area contributed by atoms with Gasteiger partial charge in [0, 0.05) is 23.7 Å². The van der Waals surface area contributed by atoms with E-state index < -0.39 is 11.8 Å². The first-order valence-corrected chi connectivity index (χ1v) is 10.4. The van der Waals surface area contributed by atoms with E-state index in [-0.39, 0.29) is 16.8 Å². The molecule has 0 unspecified atom stereocenters. The molecule has 166 valence electrons. The summed E-state index contributed by atoms with van der Waals surface area (Å²) in [6.45, 7) is 2.10. The van der Waals surface area contributed by atoms with Gasteiger partial charge in [-0.25, -0.2) is 4.68 Å². The maximum Gasteiger partial charge on any atom is 0.276 e. The third kappa shape index (κ3) is 4.45. The van der Waals surface area contributed by atoms with Crippen LogP contribution in [-0.4, -0.2) is 28.7 Å². The van der Waals surface area contributed by atoms with Crippen molar-refractivity contribution in [1.29, 1.82) is 0 Å². The van der Waals surface area contributed by atoms with Crippen LogP contribution in [0.3, 0.4) is 0 Å². The highest BCUT2D eigenvalue weighted by Crippen LogP contribution is 2.22. The van der Waals surface area contributed by atoms with Crippen LogP contribution in [0.5, 0.6) is 5.75 Å². The van der Waals surface area contributed by atoms with Crippen LogP contribution in [0.1, 0.15) is 27.8 Å². The van der Waals surface area contributed by atoms with Gasteiger partial charge in [0.25, 0.3) is 17.4 Å². The van der Waals surface area contributed by atoms with Gasteiger partial charge in [0.1, 0.15) is 5.75 Å². The zero-order chi connectivity index (χ0) is 23.4. The van der Waals surface area contributed by atoms with Crippen LogP contribution in [0.2, 0.25) is 0 Å². The Morgan fingerprint density at radius 1 is 0.909 bits per heavy atom. The second-order valence-corrected chi connectivity index (χ2v) is 7.20. The van der Waals surface area contributed by atoms with Gasteiger partial charge in [0.2, 0.25) is 0 Å². The number of para-hydroxylation sites is 1. The van der Waals surface area contributed by atoms with E-state index in [0.29, 0.717) is 34.4 Å². The molecule has 4 rings (SSSR count). The van der Waals surface area contributed by atoms with Crippen molar-refractivity contribution in [1.82, 2.24) is 9.78 Å². The predicted octanol–water partition coefficient (Wildman–Crippen LogP) is 3.93. The lowest BCUT2D eigenvalue weighted by atomic mass is 10.1. The van der Waals surface area contributed by atoms with Crippen LogP contribution >= 0.6 is 0 Å². The van der Waals surface area contributed by atoms with E-state index in [1.165, 1.54) is 4.68 Å². The average Bonchev–Trinajstić information content (AvgIpc) is 2.84. The molecule has 2 N–H and O–H groups in total. The minimum atomic E-state index is -0.518. The molecule has 0 aliphatic rings. The Morgan fingerprint density at radius 3 is 2.39 bits per heavy atom. The molecule has 0 radical (unpaired) electrons. The van der Waals surface area contributed by atoms with E-state index in [1.807, 2.05) is 0 Å². The maximum absolute atomic E-state index is 13.2. The summed E-state index contributed by atoms with van der Waals surface area (Å²) >= 11 is 0. The van der Waals surface area contributed by atoms with Gasteiger partial charge in [-0.3, -0.25) is 14.4 Å². The largest absolute Gasteiger partial charge is 0.497 e. The Bertz CT molecular complexity index is 1410. The molecule has 0 aliphatic heterocycles. The number of amides is 2. The Balaban J connectivity index is 1.66. The van der Waals surface area contributed by atoms with Crippen molar-refractivity contribution in [3.63, 3.8) is 0 Å². The second-order valence-electron chi connectivity index (χ2n) is 7.20. The lowest BCUT2D eigenvalue weighted by Gasteiger charge is -2.13. The molecular formula is C25H22N4O4. The van der Waals surface area contributed by atoms with Gasteiger partial charge in [-0.05, 0) is 37.3 Å². The summed E-state index contributed by atoms with van der Waals surface area (Å²) in [6, 6.07) is 20.5. The number of hydrogen-bond donors (Lipinski definition) is 2. The Kier molecular flexibility index (Phi) is 6.17. The van der Waals surface area contributed by atoms with Crippen LogP contribution < -0.4 is 20.9 Å². The number of fused-ring (bicyclic) bond motifs is 1. The number of aromatic nitrogens is 2. The molecule has 8 heteroatoms. The molecule has 0 bridgehead atoms. The summed E-state index contributed by atoms with van der Waals surface area (Å²) in [5, 5.41) is 10.7. The summed E-state index contributed by atoms with van der Waals surface area (Å²) < 4.78 is 6.44. The van der Waals surface area contributed by atoms with Crippen LogP contribution in [-0.2, 0) is 6.54 Å². The summed E-state index contributed by atoms with van der Waals surface area (Å²) in [4.78, 5) is 38.7. The van der Waals surface area contributed by atoms with E-state index in [4.69, 9.17) is 4.74 Å². The molecule has 0 spiro atoms. The number of nitrogens with one attached hydrogen (secondary N) is 2. The fraction of sp³-hybridized carbons (Fsp3) is 0.120. The van der Waals surface area contributed by atoms with Gasteiger partial charge in [0.15, 0.2) is 5.69 Å². The number of aryl methyl sites for hydroxylation is 1. The Labute approximate surface area is 189 Å². The molecule has 0 atom stereocenters. The van der Waals surface area contributed by atoms with E-state index in [9.17, 15) is 14.4 Å². The summed E-state index contributed by atoms with van der Waals surface area (Å²) in [5.74, 6) is -0.302. The first-order valence-electron chi connectivity index (χ1n) is 10.4. The van der Waals surface area contributed by atoms with Gasteiger partial charge in [-0.2, -0.15) is 5.10 Å². The summed E-state index contributed by atoms with van der Waals surface area (Å²) in [7, 11) is 1.55. The monoisotopic (exact) mass is 442 g/mol. The second kappa shape index (κ2) is 9.35. The molecule has 0 fully saturated rings. The average molecular weight is 442 g/mol. The maximum atomic E-state index is 13.2. The SMILES string of the molecule is CCn1nc(C(=O)Nc2ccccc2C(=O)Nc2cccc(OC)c2)c2ccccc2c1=O. The number of carbonyl (C=O) groups is 2. The number of benzene rings is 3. The van der Waals surface area contributed by atoms with Gasteiger partial charge in [-0.15, -0.1) is 0 Å². The highest BCUT2D eigenvalue weighted by atomic mass is 16.5. The van der Waals surface area contributed by atoms with E-state index in [2.05, 4.69) is 15.7 Å². The number of hydrogen-bond acceptors (Lipinski definition) is 5. The van der Waals surface area contributed by atoms with Gasteiger partial charge in [0.05, 0.1) is 23.7 Å². The number of carbonyl (C=O) groups excluding carboxylic acids is 2. The van der Waals surface area contributed by atoms with Crippen molar-refractivity contribution in [3.05, 3.63) is 94.4 Å². The molecule has 8 nitrogen and oxygen atoms in total. The molecule has 33 heavy (non-hydrogen) atoms. The van der Waals surface area contributed by atoms with Crippen LogP contribution in [0.15, 0.2) is 77.6 Å². The number of rotatable bonds is 6. The van der Waals surface area contributed by atoms with Crippen molar-refractivity contribution < 1.29 is 14.3 Å². The van der Waals surface area contributed by atoms with Crippen molar-refractivity contribution >= 4 is 34.0 Å². The Morgan fingerprint density at radius 2 is 1.64 bits per heavy atom. The van der Waals surface area contributed by atoms with Crippen molar-refractivity contribution in [2.45, 2.75) is 13.5 Å². The minimum absolute atomic E-state index is 0.107. The highest BCUT2D eigenvalue weighted by Gasteiger charge is 2.19. The first kappa shape index (κ1) is 21.8. The molecule has 1 aromatic heterocycles. The normalized spacial score (nSPS) is 10.6. The van der Waals surface area contributed by atoms with Gasteiger partial charge >= 0.3 is 0 Å². The molecule has 0 saturated heterocycles. The topological polar surface area (TPSA) is 102 Å². The zero-order valence-electron chi connectivity index (χ0n) is 18.2. The van der Waals surface area contributed by atoms with E-state index in [0.717, 1.165) is 0 Å². The van der Waals surface area contributed by atoms with Crippen molar-refractivity contribution in [2.24, 2.45) is 0 Å². The fourth-order valence-corrected chi connectivity index (χ4v) is 3.49. The third-order valence-electron chi connectivity index (χ3n) is 5.13. The van der Waals surface area contributed by atoms with Crippen LogP contribution in [0.25, 0.3) is 10.8 Å². The van der Waals surface area contributed by atoms with Crippen molar-refractivity contribution in [3.8, 4) is 5.75 Å². The van der Waals surface area contributed by atoms with Crippen LogP contribution in [0.4, 0.5) is 11.4 Å². The molecule has 0 aliphatic carbocycles. The number of anilines is 2. The third-order valence-corrected chi connectivity index (χ3v) is 5.13. The Hall–Kier alpha value is -4.46. The van der Waals surface area contributed by atoms with Gasteiger partial charge < -0.3 is 15.4 Å². The quantitative estimate of drug-likeness (QED) is 0.471. The molecule has 0 saturated carbocycles. The molecular weight excluding hydrogens is 420 g/mol. The van der Waals surface area contributed by atoms with E-state index in [1.54, 1.807) is 86.8 Å². The molecule has 3 aromatic carbocycles. The number of nitrogens with zero attached hydrogens (tertiary/aromatic N) is 2. The first-order chi connectivity index (χ1) is 16.0. The summed E-state index contributed by atoms with van der Waals surface area (Å²) in [6.07, 6.45) is 0. The highest BCUT2D eigenvalue weighted by molar-refractivity contribution is 6.15. The summed E-state index contributed by atoms with van der Waals surface area (Å²) in [5.41, 5.74) is 1.01. The molecule has 4 aromatic rings. The predicted molar refractivity (Wildman–Crippen MR) is 127 cm³/mol. The molecule has 2 amide bonds. The minimum Gasteiger partial charge on any atom is -0.497 e. The standard InChI is InChI=1S/C25H22N4O4/c1-3-29-25(32)19-12-5-4-11-18(19)22(28-29)24(31)27-21-14-7-6-13-20(21)23(30)26-16-9-8-10-17(15-16)33-2/h4-15H,3H2,1-2H3,(H,26,30)(H,27,31). The lowest BCUT2D eigenvalue weighted by molar-refractivity contribution is 0.102. The number of methoxy groups -OCH3 is 1. The lowest BCUT2D eigenvalue weighted by Crippen LogP contribution is -2.27. The smallest absolute Gasteiger partial charge is 0.276 e. The number of ether oxygens (including phenoxy) is 1. The zero-order valence-corrected chi connectivity index (χ0v) is 18.2. The van der Waals surface area contributed by atoms with E-state index >= 15 is 0 Å². The van der Waals surface area contributed by atoms with Crippen molar-refractivity contribution in [2.75, 3.05) is 17.7 Å². The molecule has 1 heterocycles.